The van der Waals surface area contributed by atoms with Crippen molar-refractivity contribution in [1.82, 2.24) is 0 Å². The van der Waals surface area contributed by atoms with Gasteiger partial charge in [0.15, 0.2) is 0 Å². The van der Waals surface area contributed by atoms with Crippen LogP contribution in [0.3, 0.4) is 0 Å². The zero-order valence-electron chi connectivity index (χ0n) is 10.2. The molecule has 0 amide bonds. The van der Waals surface area contributed by atoms with Crippen LogP contribution in [0.15, 0.2) is 30.3 Å². The average molecular weight is 248 g/mol. The molecule has 0 spiro atoms. The van der Waals surface area contributed by atoms with E-state index in [1.165, 1.54) is 0 Å². The molecule has 2 nitrogen and oxygen atoms in total. The predicted octanol–water partition coefficient (Wildman–Crippen LogP) is 3.91. The number of nitrogen functional groups attached to an aromatic ring is 1. The SMILES string of the molecule is Cc1cc(N)c(Nc2cc(F)ccc2F)cc1C. The molecule has 94 valence electrons. The van der Waals surface area contributed by atoms with Crippen molar-refractivity contribution < 1.29 is 8.78 Å². The second-order valence-corrected chi connectivity index (χ2v) is 4.27. The van der Waals surface area contributed by atoms with Crippen molar-refractivity contribution in [1.29, 1.82) is 0 Å². The number of anilines is 3. The Labute approximate surface area is 104 Å². The minimum absolute atomic E-state index is 0.0740. The van der Waals surface area contributed by atoms with Crippen molar-refractivity contribution in [3.05, 3.63) is 53.1 Å². The van der Waals surface area contributed by atoms with Crippen LogP contribution < -0.4 is 11.1 Å². The summed E-state index contributed by atoms with van der Waals surface area (Å²) in [6, 6.07) is 6.87. The first-order valence-electron chi connectivity index (χ1n) is 5.56. The first kappa shape index (κ1) is 12.4. The Bertz CT molecular complexity index is 595. The molecule has 0 heterocycles. The van der Waals surface area contributed by atoms with E-state index in [2.05, 4.69) is 5.32 Å². The Morgan fingerprint density at radius 2 is 1.61 bits per heavy atom. The number of rotatable bonds is 2. The van der Waals surface area contributed by atoms with Crippen molar-refractivity contribution in [2.75, 3.05) is 11.1 Å². The van der Waals surface area contributed by atoms with Crippen molar-refractivity contribution in [2.45, 2.75) is 13.8 Å². The van der Waals surface area contributed by atoms with Gasteiger partial charge in [0.25, 0.3) is 0 Å². The summed E-state index contributed by atoms with van der Waals surface area (Å²) in [4.78, 5) is 0. The summed E-state index contributed by atoms with van der Waals surface area (Å²) < 4.78 is 26.6. The molecule has 0 bridgehead atoms. The van der Waals surface area contributed by atoms with E-state index < -0.39 is 11.6 Å². The van der Waals surface area contributed by atoms with Crippen molar-refractivity contribution in [2.24, 2.45) is 0 Å². The molecule has 0 aliphatic heterocycles. The van der Waals surface area contributed by atoms with E-state index in [9.17, 15) is 8.78 Å². The monoisotopic (exact) mass is 248 g/mol. The summed E-state index contributed by atoms with van der Waals surface area (Å²) in [6.45, 7) is 3.88. The maximum absolute atomic E-state index is 13.5. The van der Waals surface area contributed by atoms with Crippen molar-refractivity contribution in [3.63, 3.8) is 0 Å². The molecule has 0 radical (unpaired) electrons. The van der Waals surface area contributed by atoms with Gasteiger partial charge in [-0.05, 0) is 49.2 Å². The average Bonchev–Trinajstić information content (AvgIpc) is 2.30. The van der Waals surface area contributed by atoms with E-state index in [0.29, 0.717) is 11.4 Å². The van der Waals surface area contributed by atoms with Gasteiger partial charge in [-0.1, -0.05) is 0 Å². The van der Waals surface area contributed by atoms with Crippen LogP contribution in [-0.4, -0.2) is 0 Å². The van der Waals surface area contributed by atoms with Gasteiger partial charge >= 0.3 is 0 Å². The van der Waals surface area contributed by atoms with E-state index in [0.717, 1.165) is 29.3 Å². The third-order valence-corrected chi connectivity index (χ3v) is 2.86. The molecule has 0 aromatic heterocycles. The molecule has 0 unspecified atom stereocenters. The number of benzene rings is 2. The van der Waals surface area contributed by atoms with Gasteiger partial charge in [-0.3, -0.25) is 0 Å². The zero-order valence-corrected chi connectivity index (χ0v) is 10.2. The second kappa shape index (κ2) is 4.64. The molecule has 18 heavy (non-hydrogen) atoms. The van der Waals surface area contributed by atoms with Gasteiger partial charge in [0.05, 0.1) is 17.1 Å². The lowest BCUT2D eigenvalue weighted by atomic mass is 10.1. The Morgan fingerprint density at radius 1 is 0.944 bits per heavy atom. The molecule has 0 fully saturated rings. The van der Waals surface area contributed by atoms with Gasteiger partial charge in [0, 0.05) is 6.07 Å². The van der Waals surface area contributed by atoms with Crippen LogP contribution in [0.25, 0.3) is 0 Å². The first-order valence-corrected chi connectivity index (χ1v) is 5.56. The van der Waals surface area contributed by atoms with Gasteiger partial charge in [0.2, 0.25) is 0 Å². The minimum atomic E-state index is -0.519. The van der Waals surface area contributed by atoms with Crippen LogP contribution >= 0.6 is 0 Å². The smallest absolute Gasteiger partial charge is 0.146 e. The molecule has 4 heteroatoms. The van der Waals surface area contributed by atoms with Crippen LogP contribution in [0.4, 0.5) is 25.8 Å². The van der Waals surface area contributed by atoms with Gasteiger partial charge in [-0.15, -0.1) is 0 Å². The fraction of sp³-hybridized carbons (Fsp3) is 0.143. The predicted molar refractivity (Wildman–Crippen MR) is 70.0 cm³/mol. The Morgan fingerprint density at radius 3 is 2.33 bits per heavy atom. The second-order valence-electron chi connectivity index (χ2n) is 4.27. The Hall–Kier alpha value is -2.10. The molecule has 0 aliphatic rings. The quantitative estimate of drug-likeness (QED) is 0.791. The summed E-state index contributed by atoms with van der Waals surface area (Å²) in [5.74, 6) is -1.02. The van der Waals surface area contributed by atoms with E-state index in [-0.39, 0.29) is 5.69 Å². The molecule has 2 aromatic rings. The van der Waals surface area contributed by atoms with Gasteiger partial charge in [-0.2, -0.15) is 0 Å². The molecule has 2 rings (SSSR count). The molecule has 0 saturated heterocycles. The number of aryl methyl sites for hydroxylation is 2. The van der Waals surface area contributed by atoms with Crippen LogP contribution in [0.5, 0.6) is 0 Å². The van der Waals surface area contributed by atoms with E-state index >= 15 is 0 Å². The van der Waals surface area contributed by atoms with Crippen molar-refractivity contribution in [3.8, 4) is 0 Å². The lowest BCUT2D eigenvalue weighted by Crippen LogP contribution is -2.00. The maximum atomic E-state index is 13.5. The van der Waals surface area contributed by atoms with E-state index in [4.69, 9.17) is 5.73 Å². The molecular formula is C14H14F2N2. The highest BCUT2D eigenvalue weighted by Crippen LogP contribution is 2.28. The largest absolute Gasteiger partial charge is 0.397 e. The topological polar surface area (TPSA) is 38.0 Å². The number of hydrogen-bond acceptors (Lipinski definition) is 2. The highest BCUT2D eigenvalue weighted by Gasteiger charge is 2.07. The Kier molecular flexibility index (Phi) is 3.19. The molecule has 2 aromatic carbocycles. The van der Waals surface area contributed by atoms with Crippen LogP contribution in [0.1, 0.15) is 11.1 Å². The third-order valence-electron chi connectivity index (χ3n) is 2.86. The van der Waals surface area contributed by atoms with Crippen LogP contribution in [-0.2, 0) is 0 Å². The highest BCUT2D eigenvalue weighted by atomic mass is 19.1. The molecule has 0 atom stereocenters. The standard InChI is InChI=1S/C14H14F2N2/c1-8-5-12(17)14(6-9(8)2)18-13-7-10(15)3-4-11(13)16/h3-7,18H,17H2,1-2H3. The summed E-state index contributed by atoms with van der Waals surface area (Å²) in [5.41, 5.74) is 9.08. The van der Waals surface area contributed by atoms with Crippen molar-refractivity contribution >= 4 is 17.1 Å². The molecule has 3 N–H and O–H groups in total. The summed E-state index contributed by atoms with van der Waals surface area (Å²) in [7, 11) is 0. The summed E-state index contributed by atoms with van der Waals surface area (Å²) >= 11 is 0. The molecular weight excluding hydrogens is 234 g/mol. The zero-order chi connectivity index (χ0) is 13.3. The highest BCUT2D eigenvalue weighted by molar-refractivity contribution is 5.74. The third kappa shape index (κ3) is 2.42. The van der Waals surface area contributed by atoms with E-state index in [1.807, 2.05) is 19.9 Å². The summed E-state index contributed by atoms with van der Waals surface area (Å²) in [5, 5.41) is 2.81. The van der Waals surface area contributed by atoms with Gasteiger partial charge in [-0.25, -0.2) is 8.78 Å². The van der Waals surface area contributed by atoms with Gasteiger partial charge in [0.1, 0.15) is 11.6 Å². The maximum Gasteiger partial charge on any atom is 0.146 e. The lowest BCUT2D eigenvalue weighted by Gasteiger charge is -2.12. The molecule has 0 saturated carbocycles. The normalized spacial score (nSPS) is 10.4. The fourth-order valence-electron chi connectivity index (χ4n) is 1.69. The Balaban J connectivity index is 2.40. The summed E-state index contributed by atoms with van der Waals surface area (Å²) in [6.07, 6.45) is 0. The number of nitrogens with one attached hydrogen (secondary N) is 1. The van der Waals surface area contributed by atoms with E-state index in [1.54, 1.807) is 6.07 Å². The fourth-order valence-corrected chi connectivity index (χ4v) is 1.69. The number of hydrogen-bond donors (Lipinski definition) is 2. The van der Waals surface area contributed by atoms with Crippen LogP contribution in [0, 0.1) is 25.5 Å². The minimum Gasteiger partial charge on any atom is -0.397 e. The first-order chi connectivity index (χ1) is 8.47. The molecule has 0 aliphatic carbocycles. The van der Waals surface area contributed by atoms with Gasteiger partial charge < -0.3 is 11.1 Å². The number of halogens is 2. The number of nitrogens with two attached hydrogens (primary N) is 1. The van der Waals surface area contributed by atoms with Crippen LogP contribution in [0.2, 0.25) is 0 Å². The lowest BCUT2D eigenvalue weighted by molar-refractivity contribution is 0.603.